The quantitative estimate of drug-likeness (QED) is 0.621. The number of nitrogens with zero attached hydrogens (tertiary/aromatic N) is 3. The molecule has 0 aliphatic heterocycles. The standard InChI is InChI=1S/C19H19N3/c1-3-22(4-2)19-16-13-9-8-12-15(16)18(21-20)17(19)14-10-6-5-7-11-14/h5-13H,3-4H2,1-2H3. The van der Waals surface area contributed by atoms with E-state index in [1.165, 1.54) is 0 Å². The Morgan fingerprint density at radius 1 is 0.864 bits per heavy atom. The summed E-state index contributed by atoms with van der Waals surface area (Å²) in [4.78, 5) is 5.94. The van der Waals surface area contributed by atoms with Gasteiger partial charge in [0.05, 0.1) is 16.8 Å². The second-order valence-electron chi connectivity index (χ2n) is 5.26. The SMILES string of the molecule is CCN(CC)C1=C(c2ccccc2)C(=[N+]=[N-])c2ccccc21. The largest absolute Gasteiger partial charge is 0.371 e. The number of hydrogen-bond donors (Lipinski definition) is 0. The number of hydrogen-bond acceptors (Lipinski definition) is 1. The van der Waals surface area contributed by atoms with Gasteiger partial charge in [0.1, 0.15) is 0 Å². The third-order valence-corrected chi connectivity index (χ3v) is 4.15. The second-order valence-corrected chi connectivity index (χ2v) is 5.26. The Labute approximate surface area is 131 Å². The number of allylic oxidation sites excluding steroid dienone is 1. The van der Waals surface area contributed by atoms with E-state index in [1.807, 2.05) is 36.4 Å². The third-order valence-electron chi connectivity index (χ3n) is 4.15. The van der Waals surface area contributed by atoms with Gasteiger partial charge in [0.15, 0.2) is 0 Å². The van der Waals surface area contributed by atoms with Crippen molar-refractivity contribution < 1.29 is 4.79 Å². The monoisotopic (exact) mass is 289 g/mol. The van der Waals surface area contributed by atoms with E-state index in [0.29, 0.717) is 5.71 Å². The summed E-state index contributed by atoms with van der Waals surface area (Å²) < 4.78 is 0. The van der Waals surface area contributed by atoms with Gasteiger partial charge in [-0.05, 0) is 25.5 Å². The number of rotatable bonds is 4. The molecule has 0 amide bonds. The van der Waals surface area contributed by atoms with E-state index in [0.717, 1.165) is 41.1 Å². The maximum Gasteiger partial charge on any atom is 0.333 e. The molecule has 0 spiro atoms. The molecule has 0 heterocycles. The van der Waals surface area contributed by atoms with E-state index in [2.05, 4.69) is 41.7 Å². The Bertz CT molecular complexity index is 764. The van der Waals surface area contributed by atoms with Gasteiger partial charge in [-0.25, -0.2) is 0 Å². The fraction of sp³-hybridized carbons (Fsp3) is 0.211. The van der Waals surface area contributed by atoms with Crippen LogP contribution in [0, 0.1) is 0 Å². The molecule has 22 heavy (non-hydrogen) atoms. The summed E-state index contributed by atoms with van der Waals surface area (Å²) in [5, 5.41) is 0. The lowest BCUT2D eigenvalue weighted by Crippen LogP contribution is -2.21. The van der Waals surface area contributed by atoms with Gasteiger partial charge in [0, 0.05) is 18.7 Å². The highest BCUT2D eigenvalue weighted by Crippen LogP contribution is 2.39. The maximum atomic E-state index is 9.62. The van der Waals surface area contributed by atoms with E-state index in [1.54, 1.807) is 0 Å². The van der Waals surface area contributed by atoms with Gasteiger partial charge in [-0.15, -0.1) is 0 Å². The summed E-state index contributed by atoms with van der Waals surface area (Å²) in [5.41, 5.74) is 15.6. The van der Waals surface area contributed by atoms with Gasteiger partial charge < -0.3 is 10.4 Å². The van der Waals surface area contributed by atoms with Crippen LogP contribution in [-0.2, 0) is 0 Å². The molecule has 0 saturated carbocycles. The van der Waals surface area contributed by atoms with Crippen molar-refractivity contribution in [1.82, 2.24) is 4.90 Å². The molecule has 0 N–H and O–H groups in total. The average Bonchev–Trinajstić information content (AvgIpc) is 2.91. The first-order valence-corrected chi connectivity index (χ1v) is 7.68. The lowest BCUT2D eigenvalue weighted by atomic mass is 10.0. The van der Waals surface area contributed by atoms with Crippen LogP contribution in [0.25, 0.3) is 16.8 Å². The smallest absolute Gasteiger partial charge is 0.333 e. The normalized spacial score (nSPS) is 13.1. The van der Waals surface area contributed by atoms with Crippen molar-refractivity contribution >= 4 is 17.0 Å². The molecule has 3 rings (SSSR count). The number of fused-ring (bicyclic) bond motifs is 1. The predicted octanol–water partition coefficient (Wildman–Crippen LogP) is 3.93. The lowest BCUT2D eigenvalue weighted by molar-refractivity contribution is -0.00109. The highest BCUT2D eigenvalue weighted by atomic mass is 15.1. The van der Waals surface area contributed by atoms with Gasteiger partial charge in [-0.1, -0.05) is 48.5 Å². The van der Waals surface area contributed by atoms with Crippen molar-refractivity contribution in [3.8, 4) is 0 Å². The first kappa shape index (κ1) is 14.3. The van der Waals surface area contributed by atoms with Crippen molar-refractivity contribution in [3.05, 3.63) is 76.8 Å². The van der Waals surface area contributed by atoms with Crippen LogP contribution in [0.1, 0.15) is 30.5 Å². The number of benzene rings is 2. The molecule has 0 saturated heterocycles. The van der Waals surface area contributed by atoms with E-state index < -0.39 is 0 Å². The van der Waals surface area contributed by atoms with E-state index in [9.17, 15) is 5.53 Å². The third kappa shape index (κ3) is 2.16. The Morgan fingerprint density at radius 3 is 2.05 bits per heavy atom. The van der Waals surface area contributed by atoms with E-state index >= 15 is 0 Å². The Balaban J connectivity index is 2.33. The molecule has 3 heteroatoms. The Morgan fingerprint density at radius 2 is 1.45 bits per heavy atom. The zero-order valence-electron chi connectivity index (χ0n) is 13.0. The van der Waals surface area contributed by atoms with E-state index in [4.69, 9.17) is 0 Å². The Hall–Kier alpha value is -2.64. The molecule has 0 atom stereocenters. The van der Waals surface area contributed by atoms with Crippen molar-refractivity contribution in [2.24, 2.45) is 0 Å². The van der Waals surface area contributed by atoms with Gasteiger partial charge in [-0.2, -0.15) is 4.79 Å². The fourth-order valence-corrected chi connectivity index (χ4v) is 3.13. The lowest BCUT2D eigenvalue weighted by Gasteiger charge is -2.24. The molecule has 0 fully saturated rings. The van der Waals surface area contributed by atoms with E-state index in [-0.39, 0.29) is 0 Å². The van der Waals surface area contributed by atoms with Crippen molar-refractivity contribution in [1.29, 1.82) is 0 Å². The van der Waals surface area contributed by atoms with Crippen molar-refractivity contribution in [2.45, 2.75) is 13.8 Å². The van der Waals surface area contributed by atoms with Crippen LogP contribution in [0.3, 0.4) is 0 Å². The fourth-order valence-electron chi connectivity index (χ4n) is 3.13. The minimum atomic E-state index is 0.656. The molecular weight excluding hydrogens is 270 g/mol. The first-order chi connectivity index (χ1) is 10.8. The molecule has 0 bridgehead atoms. The highest BCUT2D eigenvalue weighted by molar-refractivity contribution is 6.39. The molecule has 0 unspecified atom stereocenters. The zero-order valence-corrected chi connectivity index (χ0v) is 13.0. The van der Waals surface area contributed by atoms with Crippen LogP contribution in [-0.4, -0.2) is 28.5 Å². The molecular formula is C19H19N3. The summed E-state index contributed by atoms with van der Waals surface area (Å²) in [6, 6.07) is 18.3. The van der Waals surface area contributed by atoms with Gasteiger partial charge in [0.2, 0.25) is 0 Å². The topological polar surface area (TPSA) is 39.6 Å². The molecule has 0 radical (unpaired) electrons. The summed E-state index contributed by atoms with van der Waals surface area (Å²) in [6.45, 7) is 6.12. The molecule has 2 aromatic rings. The van der Waals surface area contributed by atoms with Crippen LogP contribution >= 0.6 is 0 Å². The molecule has 110 valence electrons. The summed E-state index contributed by atoms with van der Waals surface area (Å²) >= 11 is 0. The van der Waals surface area contributed by atoms with Gasteiger partial charge in [-0.3, -0.25) is 0 Å². The molecule has 2 aromatic carbocycles. The van der Waals surface area contributed by atoms with Crippen LogP contribution < -0.4 is 0 Å². The van der Waals surface area contributed by atoms with Crippen LogP contribution in [0.5, 0.6) is 0 Å². The minimum absolute atomic E-state index is 0.656. The van der Waals surface area contributed by atoms with Crippen LogP contribution in [0.2, 0.25) is 0 Å². The van der Waals surface area contributed by atoms with Crippen molar-refractivity contribution in [2.75, 3.05) is 13.1 Å². The summed E-state index contributed by atoms with van der Waals surface area (Å²) in [7, 11) is 0. The molecule has 1 aliphatic carbocycles. The van der Waals surface area contributed by atoms with Gasteiger partial charge in [0.25, 0.3) is 0 Å². The summed E-state index contributed by atoms with van der Waals surface area (Å²) in [5.74, 6) is 0. The average molecular weight is 289 g/mol. The highest BCUT2D eigenvalue weighted by Gasteiger charge is 2.36. The summed E-state index contributed by atoms with van der Waals surface area (Å²) in [6.07, 6.45) is 0. The minimum Gasteiger partial charge on any atom is -0.371 e. The van der Waals surface area contributed by atoms with Crippen LogP contribution in [0.4, 0.5) is 0 Å². The first-order valence-electron chi connectivity index (χ1n) is 7.68. The maximum absolute atomic E-state index is 9.62. The second kappa shape index (κ2) is 6.00. The Kier molecular flexibility index (Phi) is 3.90. The van der Waals surface area contributed by atoms with Crippen molar-refractivity contribution in [3.63, 3.8) is 0 Å². The zero-order chi connectivity index (χ0) is 15.5. The molecule has 3 nitrogen and oxygen atoms in total. The van der Waals surface area contributed by atoms with Crippen LogP contribution in [0.15, 0.2) is 54.6 Å². The molecule has 0 aromatic heterocycles. The predicted molar refractivity (Wildman–Crippen MR) is 90.3 cm³/mol. The van der Waals surface area contributed by atoms with Gasteiger partial charge >= 0.3 is 5.71 Å². The molecule has 1 aliphatic rings.